The van der Waals surface area contributed by atoms with Gasteiger partial charge in [0, 0.05) is 45.0 Å². The van der Waals surface area contributed by atoms with Crippen molar-refractivity contribution in [2.75, 3.05) is 44.2 Å². The van der Waals surface area contributed by atoms with Crippen molar-refractivity contribution < 1.29 is 0 Å². The Morgan fingerprint density at radius 2 is 1.96 bits per heavy atom. The molecular weight excluding hydrogens is 439 g/mol. The molecule has 3 rings (SSSR count). The lowest BCUT2D eigenvalue weighted by molar-refractivity contribution is 0.270. The van der Waals surface area contributed by atoms with Crippen LogP contribution < -0.4 is 15.5 Å². The summed E-state index contributed by atoms with van der Waals surface area (Å²) in [6.45, 7) is 13.7. The highest BCUT2D eigenvalue weighted by Gasteiger charge is 2.33. The Kier molecular flexibility index (Phi) is 8.40. The Balaban J connectivity index is 0.00000243. The van der Waals surface area contributed by atoms with E-state index in [1.54, 1.807) is 0 Å². The molecule has 0 radical (unpaired) electrons. The van der Waals surface area contributed by atoms with Gasteiger partial charge in [-0.2, -0.15) is 0 Å². The zero-order valence-corrected chi connectivity index (χ0v) is 18.6. The van der Waals surface area contributed by atoms with Crippen LogP contribution in [0.5, 0.6) is 0 Å². The molecule has 7 heteroatoms. The van der Waals surface area contributed by atoms with Crippen LogP contribution in [-0.4, -0.2) is 61.2 Å². The number of pyridine rings is 1. The van der Waals surface area contributed by atoms with Crippen LogP contribution in [0.15, 0.2) is 23.3 Å². The van der Waals surface area contributed by atoms with E-state index in [0.29, 0.717) is 12.6 Å². The van der Waals surface area contributed by atoms with Crippen molar-refractivity contribution in [2.24, 2.45) is 10.9 Å². The number of nitrogens with one attached hydrogen (secondary N) is 2. The number of aliphatic imine (C=N–C) groups is 1. The molecule has 26 heavy (non-hydrogen) atoms. The van der Waals surface area contributed by atoms with Gasteiger partial charge in [-0.3, -0.25) is 0 Å². The van der Waals surface area contributed by atoms with Gasteiger partial charge in [0.1, 0.15) is 5.82 Å². The second kappa shape index (κ2) is 10.3. The van der Waals surface area contributed by atoms with Crippen LogP contribution >= 0.6 is 24.0 Å². The number of anilines is 1. The minimum Gasteiger partial charge on any atom is -0.357 e. The molecule has 1 aliphatic carbocycles. The van der Waals surface area contributed by atoms with Crippen molar-refractivity contribution in [3.8, 4) is 0 Å². The maximum atomic E-state index is 4.70. The summed E-state index contributed by atoms with van der Waals surface area (Å²) in [6.07, 6.45) is 3.21. The molecule has 2 aliphatic rings. The highest BCUT2D eigenvalue weighted by atomic mass is 127. The van der Waals surface area contributed by atoms with E-state index in [4.69, 9.17) is 4.99 Å². The number of hydrogen-bond donors (Lipinski definition) is 2. The molecule has 1 saturated carbocycles. The molecule has 0 bridgehead atoms. The van der Waals surface area contributed by atoms with Gasteiger partial charge in [-0.25, -0.2) is 9.98 Å². The molecule has 146 valence electrons. The summed E-state index contributed by atoms with van der Waals surface area (Å²) in [5.41, 5.74) is 1.15. The first kappa shape index (κ1) is 21.2. The SMILES string of the molecule is CCNC(=NCc1ccc(N2CCN(CC)CC2)nc1)NC1CC1C.I. The summed E-state index contributed by atoms with van der Waals surface area (Å²) in [7, 11) is 0. The number of likely N-dealkylation sites (N-methyl/N-ethyl adjacent to an activating group) is 1. The first-order valence-corrected chi connectivity index (χ1v) is 9.66. The first-order chi connectivity index (χ1) is 12.2. The van der Waals surface area contributed by atoms with Gasteiger partial charge in [0.15, 0.2) is 5.96 Å². The molecule has 1 aromatic heterocycles. The quantitative estimate of drug-likeness (QED) is 0.378. The van der Waals surface area contributed by atoms with Crippen LogP contribution in [0.2, 0.25) is 0 Å². The molecule has 2 atom stereocenters. The van der Waals surface area contributed by atoms with Gasteiger partial charge >= 0.3 is 0 Å². The number of rotatable bonds is 6. The van der Waals surface area contributed by atoms with E-state index in [1.165, 1.54) is 6.42 Å². The van der Waals surface area contributed by atoms with E-state index >= 15 is 0 Å². The van der Waals surface area contributed by atoms with E-state index in [2.05, 4.69) is 58.3 Å². The minimum absolute atomic E-state index is 0. The average Bonchev–Trinajstić information content (AvgIpc) is 3.35. The maximum Gasteiger partial charge on any atom is 0.191 e. The molecular formula is C19H33IN6. The van der Waals surface area contributed by atoms with E-state index < -0.39 is 0 Å². The summed E-state index contributed by atoms with van der Waals surface area (Å²) in [5, 5.41) is 6.81. The summed E-state index contributed by atoms with van der Waals surface area (Å²) in [6, 6.07) is 4.87. The zero-order chi connectivity index (χ0) is 17.6. The largest absolute Gasteiger partial charge is 0.357 e. The Bertz CT molecular complexity index is 568. The molecule has 1 aliphatic heterocycles. The highest BCUT2D eigenvalue weighted by molar-refractivity contribution is 14.0. The predicted molar refractivity (Wildman–Crippen MR) is 119 cm³/mol. The number of aromatic nitrogens is 1. The smallest absolute Gasteiger partial charge is 0.191 e. The monoisotopic (exact) mass is 472 g/mol. The van der Waals surface area contributed by atoms with Crippen LogP contribution in [-0.2, 0) is 6.54 Å². The second-order valence-electron chi connectivity index (χ2n) is 7.10. The molecule has 6 nitrogen and oxygen atoms in total. The van der Waals surface area contributed by atoms with E-state index in [-0.39, 0.29) is 24.0 Å². The van der Waals surface area contributed by atoms with Crippen molar-refractivity contribution in [3.63, 3.8) is 0 Å². The van der Waals surface area contributed by atoms with Crippen molar-refractivity contribution >= 4 is 35.8 Å². The van der Waals surface area contributed by atoms with Crippen LogP contribution in [0.4, 0.5) is 5.82 Å². The fourth-order valence-electron chi connectivity index (χ4n) is 3.18. The van der Waals surface area contributed by atoms with Crippen LogP contribution in [0, 0.1) is 5.92 Å². The summed E-state index contributed by atoms with van der Waals surface area (Å²) in [5.74, 6) is 2.76. The fourth-order valence-corrected chi connectivity index (χ4v) is 3.18. The minimum atomic E-state index is 0. The lowest BCUT2D eigenvalue weighted by atomic mass is 10.2. The number of nitrogens with zero attached hydrogens (tertiary/aromatic N) is 4. The number of piperazine rings is 1. The Hall–Kier alpha value is -1.09. The van der Waals surface area contributed by atoms with Crippen LogP contribution in [0.3, 0.4) is 0 Å². The topological polar surface area (TPSA) is 55.8 Å². The summed E-state index contributed by atoms with van der Waals surface area (Å²) in [4.78, 5) is 14.2. The number of guanidine groups is 1. The molecule has 1 saturated heterocycles. The third-order valence-electron chi connectivity index (χ3n) is 5.15. The van der Waals surface area contributed by atoms with Crippen molar-refractivity contribution in [3.05, 3.63) is 23.9 Å². The van der Waals surface area contributed by atoms with E-state index in [9.17, 15) is 0 Å². The Labute approximate surface area is 174 Å². The standard InChI is InChI=1S/C19H32N6.HI/c1-4-20-19(23-17-12-15(17)3)22-14-16-6-7-18(21-13-16)25-10-8-24(5-2)9-11-25;/h6-7,13,15,17H,4-5,8-12,14H2,1-3H3,(H2,20,22,23);1H. The molecule has 1 aromatic rings. The molecule has 2 fully saturated rings. The predicted octanol–water partition coefficient (Wildman–Crippen LogP) is 2.31. The van der Waals surface area contributed by atoms with Gasteiger partial charge in [0.2, 0.25) is 0 Å². The average molecular weight is 472 g/mol. The summed E-state index contributed by atoms with van der Waals surface area (Å²) < 4.78 is 0. The number of halogens is 1. The van der Waals surface area contributed by atoms with Crippen molar-refractivity contribution in [1.29, 1.82) is 0 Å². The molecule has 0 amide bonds. The Morgan fingerprint density at radius 3 is 2.50 bits per heavy atom. The molecule has 2 N–H and O–H groups in total. The molecule has 0 aromatic carbocycles. The van der Waals surface area contributed by atoms with E-state index in [0.717, 1.165) is 62.5 Å². The highest BCUT2D eigenvalue weighted by Crippen LogP contribution is 2.28. The first-order valence-electron chi connectivity index (χ1n) is 9.66. The van der Waals surface area contributed by atoms with Gasteiger partial charge in [0.25, 0.3) is 0 Å². The normalized spacial score (nSPS) is 23.3. The van der Waals surface area contributed by atoms with Gasteiger partial charge in [-0.1, -0.05) is 19.9 Å². The zero-order valence-electron chi connectivity index (χ0n) is 16.2. The van der Waals surface area contributed by atoms with Gasteiger partial charge in [-0.15, -0.1) is 24.0 Å². The maximum absolute atomic E-state index is 4.70. The molecule has 0 spiro atoms. The van der Waals surface area contributed by atoms with Gasteiger partial charge < -0.3 is 20.4 Å². The second-order valence-corrected chi connectivity index (χ2v) is 7.10. The third kappa shape index (κ3) is 5.97. The lowest BCUT2D eigenvalue weighted by Gasteiger charge is -2.34. The van der Waals surface area contributed by atoms with Gasteiger partial charge in [0.05, 0.1) is 6.54 Å². The van der Waals surface area contributed by atoms with Crippen LogP contribution in [0.25, 0.3) is 0 Å². The number of hydrogen-bond acceptors (Lipinski definition) is 4. The summed E-state index contributed by atoms with van der Waals surface area (Å²) >= 11 is 0. The Morgan fingerprint density at radius 1 is 1.23 bits per heavy atom. The van der Waals surface area contributed by atoms with E-state index in [1.807, 2.05) is 6.20 Å². The molecule has 2 heterocycles. The lowest BCUT2D eigenvalue weighted by Crippen LogP contribution is -2.46. The fraction of sp³-hybridized carbons (Fsp3) is 0.684. The van der Waals surface area contributed by atoms with Crippen molar-refractivity contribution in [1.82, 2.24) is 20.5 Å². The van der Waals surface area contributed by atoms with Crippen LogP contribution in [0.1, 0.15) is 32.8 Å². The van der Waals surface area contributed by atoms with Crippen molar-refractivity contribution in [2.45, 2.75) is 39.8 Å². The third-order valence-corrected chi connectivity index (χ3v) is 5.15. The molecule has 2 unspecified atom stereocenters. The van der Waals surface area contributed by atoms with Gasteiger partial charge in [-0.05, 0) is 37.4 Å².